The van der Waals surface area contributed by atoms with Crippen molar-refractivity contribution >= 4 is 27.6 Å². The summed E-state index contributed by atoms with van der Waals surface area (Å²) in [4.78, 5) is 23.5. The Morgan fingerprint density at radius 3 is 2.38 bits per heavy atom. The monoisotopic (exact) mass is 543 g/mol. The van der Waals surface area contributed by atoms with Gasteiger partial charge in [0.2, 0.25) is 16.0 Å². The van der Waals surface area contributed by atoms with Crippen molar-refractivity contribution in [2.24, 2.45) is 0 Å². The standard InChI is InChI=1S/C27H25N7O4S/c1-18-14-23(17-28)31-27(29-18)33-10-12-34(13-11-33)39(36,37)24-8-6-22(7-9-24)30-26(35)21-5-3-4-20(16-21)25-15-19(2)32-38-25/h3-9,14-16H,10-13H2,1-2H3,(H,30,35). The summed E-state index contributed by atoms with van der Waals surface area (Å²) in [6.07, 6.45) is 0. The van der Waals surface area contributed by atoms with Crippen LogP contribution in [0.15, 0.2) is 70.1 Å². The fourth-order valence-corrected chi connectivity index (χ4v) is 5.68. The molecule has 0 saturated carbocycles. The van der Waals surface area contributed by atoms with Gasteiger partial charge in [-0.2, -0.15) is 9.57 Å². The number of carbonyl (C=O) groups excluding carboxylic acids is 1. The van der Waals surface area contributed by atoms with Gasteiger partial charge in [0.1, 0.15) is 11.8 Å². The Kier molecular flexibility index (Phi) is 7.10. The predicted molar refractivity (Wildman–Crippen MR) is 144 cm³/mol. The zero-order valence-electron chi connectivity index (χ0n) is 21.3. The van der Waals surface area contributed by atoms with Gasteiger partial charge in [0, 0.05) is 54.8 Å². The quantitative estimate of drug-likeness (QED) is 0.387. The van der Waals surface area contributed by atoms with E-state index in [0.29, 0.717) is 41.7 Å². The van der Waals surface area contributed by atoms with Crippen LogP contribution in [0.1, 0.15) is 27.4 Å². The van der Waals surface area contributed by atoms with Crippen molar-refractivity contribution in [3.63, 3.8) is 0 Å². The molecule has 0 aliphatic carbocycles. The van der Waals surface area contributed by atoms with Crippen molar-refractivity contribution in [1.29, 1.82) is 5.26 Å². The SMILES string of the molecule is Cc1cc(-c2cccc(C(=O)Nc3ccc(S(=O)(=O)N4CCN(c5nc(C)cc(C#N)n5)CC4)cc3)c2)on1. The van der Waals surface area contributed by atoms with Gasteiger partial charge in [-0.15, -0.1) is 0 Å². The van der Waals surface area contributed by atoms with Gasteiger partial charge in [-0.1, -0.05) is 17.3 Å². The van der Waals surface area contributed by atoms with Gasteiger partial charge in [0.05, 0.1) is 10.6 Å². The zero-order valence-corrected chi connectivity index (χ0v) is 22.1. The maximum Gasteiger partial charge on any atom is 0.255 e. The van der Waals surface area contributed by atoms with Crippen LogP contribution in [0.4, 0.5) is 11.6 Å². The molecule has 0 bridgehead atoms. The van der Waals surface area contributed by atoms with Crippen LogP contribution < -0.4 is 10.2 Å². The zero-order chi connectivity index (χ0) is 27.6. The van der Waals surface area contributed by atoms with Crippen LogP contribution in [-0.4, -0.2) is 59.9 Å². The van der Waals surface area contributed by atoms with Crippen molar-refractivity contribution in [2.75, 3.05) is 36.4 Å². The van der Waals surface area contributed by atoms with Gasteiger partial charge in [-0.25, -0.2) is 18.4 Å². The van der Waals surface area contributed by atoms with Crippen LogP contribution >= 0.6 is 0 Å². The molecule has 12 heteroatoms. The highest BCUT2D eigenvalue weighted by atomic mass is 32.2. The molecule has 1 aliphatic rings. The number of carbonyl (C=O) groups is 1. The van der Waals surface area contributed by atoms with Crippen molar-refractivity contribution in [1.82, 2.24) is 19.4 Å². The van der Waals surface area contributed by atoms with Crippen LogP contribution in [-0.2, 0) is 10.0 Å². The number of hydrogen-bond donors (Lipinski definition) is 1. The Hall–Kier alpha value is -4.60. The van der Waals surface area contributed by atoms with Crippen LogP contribution in [0.3, 0.4) is 0 Å². The van der Waals surface area contributed by atoms with Crippen molar-refractivity contribution < 1.29 is 17.7 Å². The first-order valence-electron chi connectivity index (χ1n) is 12.2. The van der Waals surface area contributed by atoms with Crippen LogP contribution in [0.25, 0.3) is 11.3 Å². The Bertz CT molecular complexity index is 1670. The molecule has 2 aromatic heterocycles. The van der Waals surface area contributed by atoms with Gasteiger partial charge in [-0.05, 0) is 56.3 Å². The van der Waals surface area contributed by atoms with Crippen molar-refractivity contribution in [2.45, 2.75) is 18.7 Å². The molecule has 0 spiro atoms. The van der Waals surface area contributed by atoms with E-state index < -0.39 is 10.0 Å². The smallest absolute Gasteiger partial charge is 0.255 e. The molecule has 3 heterocycles. The molecular weight excluding hydrogens is 518 g/mol. The number of piperazine rings is 1. The Morgan fingerprint density at radius 1 is 0.974 bits per heavy atom. The summed E-state index contributed by atoms with van der Waals surface area (Å²) >= 11 is 0. The average molecular weight is 544 g/mol. The van der Waals surface area contributed by atoms with E-state index in [1.807, 2.05) is 24.0 Å². The molecule has 1 saturated heterocycles. The van der Waals surface area contributed by atoms with Crippen LogP contribution in [0.5, 0.6) is 0 Å². The van der Waals surface area contributed by atoms with E-state index in [1.165, 1.54) is 16.4 Å². The number of anilines is 2. The third kappa shape index (κ3) is 5.64. The minimum atomic E-state index is -3.74. The number of hydrogen-bond acceptors (Lipinski definition) is 9. The van der Waals surface area contributed by atoms with Crippen LogP contribution in [0.2, 0.25) is 0 Å². The first-order valence-corrected chi connectivity index (χ1v) is 13.6. The predicted octanol–water partition coefficient (Wildman–Crippen LogP) is 3.38. The van der Waals surface area contributed by atoms with E-state index >= 15 is 0 Å². The highest BCUT2D eigenvalue weighted by molar-refractivity contribution is 7.89. The number of amides is 1. The molecule has 1 fully saturated rings. The number of nitriles is 1. The van der Waals surface area contributed by atoms with Gasteiger partial charge in [0.25, 0.3) is 5.91 Å². The van der Waals surface area contributed by atoms with Gasteiger partial charge in [0.15, 0.2) is 5.76 Å². The second kappa shape index (κ2) is 10.6. The molecule has 198 valence electrons. The third-order valence-corrected chi connectivity index (χ3v) is 8.18. The third-order valence-electron chi connectivity index (χ3n) is 6.27. The molecule has 1 aliphatic heterocycles. The fourth-order valence-electron chi connectivity index (χ4n) is 4.26. The molecule has 0 unspecified atom stereocenters. The first kappa shape index (κ1) is 26.0. The summed E-state index contributed by atoms with van der Waals surface area (Å²) in [5.74, 6) is 0.652. The van der Waals surface area contributed by atoms with Gasteiger partial charge >= 0.3 is 0 Å². The van der Waals surface area contributed by atoms with E-state index in [-0.39, 0.29) is 29.6 Å². The summed E-state index contributed by atoms with van der Waals surface area (Å²) in [6.45, 7) is 4.90. The molecule has 1 amide bonds. The number of aryl methyl sites for hydroxylation is 2. The summed E-state index contributed by atoms with van der Waals surface area (Å²) in [5.41, 5.74) is 3.31. The first-order chi connectivity index (χ1) is 18.7. The van der Waals surface area contributed by atoms with E-state index in [9.17, 15) is 13.2 Å². The normalized spacial score (nSPS) is 14.1. The lowest BCUT2D eigenvalue weighted by atomic mass is 10.1. The molecule has 0 radical (unpaired) electrons. The summed E-state index contributed by atoms with van der Waals surface area (Å²) in [7, 11) is -3.74. The topological polar surface area (TPSA) is 145 Å². The number of rotatable bonds is 6. The Morgan fingerprint density at radius 2 is 1.72 bits per heavy atom. The highest BCUT2D eigenvalue weighted by Gasteiger charge is 2.29. The van der Waals surface area contributed by atoms with Crippen LogP contribution in [0, 0.1) is 25.2 Å². The van der Waals surface area contributed by atoms with Crippen molar-refractivity contribution in [3.8, 4) is 17.4 Å². The second-order valence-electron chi connectivity index (χ2n) is 9.09. The van der Waals surface area contributed by atoms with E-state index in [2.05, 4.69) is 20.4 Å². The fraction of sp³-hybridized carbons (Fsp3) is 0.222. The van der Waals surface area contributed by atoms with Crippen molar-refractivity contribution in [3.05, 3.63) is 83.3 Å². The Balaban J connectivity index is 1.23. The molecule has 2 aromatic carbocycles. The van der Waals surface area contributed by atoms with Gasteiger partial charge < -0.3 is 14.7 Å². The number of nitrogens with zero attached hydrogens (tertiary/aromatic N) is 6. The molecule has 0 atom stereocenters. The lowest BCUT2D eigenvalue weighted by Crippen LogP contribution is -2.49. The minimum Gasteiger partial charge on any atom is -0.356 e. The highest BCUT2D eigenvalue weighted by Crippen LogP contribution is 2.24. The lowest BCUT2D eigenvalue weighted by Gasteiger charge is -2.34. The molecule has 4 aromatic rings. The largest absolute Gasteiger partial charge is 0.356 e. The molecule has 11 nitrogen and oxygen atoms in total. The minimum absolute atomic E-state index is 0.134. The maximum absolute atomic E-state index is 13.2. The average Bonchev–Trinajstić information content (AvgIpc) is 3.39. The maximum atomic E-state index is 13.2. The molecule has 1 N–H and O–H groups in total. The summed E-state index contributed by atoms with van der Waals surface area (Å²) in [6, 6.07) is 18.5. The second-order valence-corrected chi connectivity index (χ2v) is 11.0. The van der Waals surface area contributed by atoms with E-state index in [1.54, 1.807) is 49.4 Å². The molecule has 39 heavy (non-hydrogen) atoms. The summed E-state index contributed by atoms with van der Waals surface area (Å²) < 4.78 is 33.2. The Labute approximate surface area is 225 Å². The number of benzene rings is 2. The van der Waals surface area contributed by atoms with E-state index in [4.69, 9.17) is 9.78 Å². The molecular formula is C27H25N7O4S. The molecule has 5 rings (SSSR count). The van der Waals surface area contributed by atoms with Gasteiger partial charge in [-0.3, -0.25) is 4.79 Å². The number of nitrogens with one attached hydrogen (secondary N) is 1. The van der Waals surface area contributed by atoms with E-state index in [0.717, 1.165) is 11.3 Å². The summed E-state index contributed by atoms with van der Waals surface area (Å²) in [5, 5.41) is 15.8. The number of sulfonamides is 1. The lowest BCUT2D eigenvalue weighted by molar-refractivity contribution is 0.102. The number of aromatic nitrogens is 3.